The summed E-state index contributed by atoms with van der Waals surface area (Å²) in [5.74, 6) is -0.323. The minimum atomic E-state index is -0.964. The number of likely N-dealkylation sites (N-methyl/N-ethyl adjacent to an activating group) is 2. The number of amides is 2. The largest absolute Gasteiger partial charge is 0.378 e. The second-order valence-corrected chi connectivity index (χ2v) is 6.29. The fraction of sp³-hybridized carbons (Fsp3) is 0.857. The molecule has 1 aliphatic carbocycles. The van der Waals surface area contributed by atoms with Gasteiger partial charge in [-0.25, -0.2) is 0 Å². The fourth-order valence-corrected chi connectivity index (χ4v) is 2.55. The molecule has 0 aromatic heterocycles. The topological polar surface area (TPSA) is 75.9 Å². The van der Waals surface area contributed by atoms with Gasteiger partial charge in [-0.1, -0.05) is 13.8 Å². The molecule has 6 nitrogen and oxygen atoms in total. The van der Waals surface area contributed by atoms with E-state index in [4.69, 9.17) is 10.5 Å². The zero-order chi connectivity index (χ0) is 15.7. The van der Waals surface area contributed by atoms with Crippen LogP contribution >= 0.6 is 0 Å². The third kappa shape index (κ3) is 2.67. The van der Waals surface area contributed by atoms with Gasteiger partial charge in [-0.2, -0.15) is 0 Å². The molecule has 6 heteroatoms. The van der Waals surface area contributed by atoms with Crippen molar-refractivity contribution in [2.45, 2.75) is 38.8 Å². The van der Waals surface area contributed by atoms with Crippen LogP contribution in [0.4, 0.5) is 0 Å². The highest BCUT2D eigenvalue weighted by Crippen LogP contribution is 2.50. The maximum atomic E-state index is 12.5. The van der Waals surface area contributed by atoms with Crippen molar-refractivity contribution in [2.24, 2.45) is 11.1 Å². The minimum absolute atomic E-state index is 0.0144. The first-order valence-corrected chi connectivity index (χ1v) is 6.94. The Balaban J connectivity index is 2.75. The van der Waals surface area contributed by atoms with E-state index in [0.717, 1.165) is 0 Å². The van der Waals surface area contributed by atoms with Gasteiger partial charge in [0.2, 0.25) is 11.8 Å². The van der Waals surface area contributed by atoms with Crippen molar-refractivity contribution in [3.63, 3.8) is 0 Å². The van der Waals surface area contributed by atoms with Crippen molar-refractivity contribution in [3.05, 3.63) is 0 Å². The van der Waals surface area contributed by atoms with Crippen molar-refractivity contribution in [2.75, 3.05) is 34.3 Å². The molecule has 0 saturated heterocycles. The summed E-state index contributed by atoms with van der Waals surface area (Å²) < 4.78 is 5.61. The normalized spacial score (nSPS) is 27.6. The Hall–Kier alpha value is -1.14. The van der Waals surface area contributed by atoms with E-state index >= 15 is 0 Å². The Kier molecular flexibility index (Phi) is 4.82. The Bertz CT molecular complexity index is 395. The first-order chi connectivity index (χ1) is 9.07. The van der Waals surface area contributed by atoms with Gasteiger partial charge in [0.05, 0.1) is 12.6 Å². The van der Waals surface area contributed by atoms with Gasteiger partial charge < -0.3 is 20.3 Å². The van der Waals surface area contributed by atoms with Crippen LogP contribution in [0.5, 0.6) is 0 Å². The first kappa shape index (κ1) is 16.9. The van der Waals surface area contributed by atoms with Gasteiger partial charge in [-0.15, -0.1) is 0 Å². The molecule has 2 atom stereocenters. The Morgan fingerprint density at radius 2 is 1.85 bits per heavy atom. The van der Waals surface area contributed by atoms with E-state index in [2.05, 4.69) is 0 Å². The molecule has 2 amide bonds. The van der Waals surface area contributed by atoms with E-state index in [1.54, 1.807) is 21.1 Å². The standard InChI is InChI=1S/C14H27N3O3/c1-7-20-10-8-14(15,13(10,2)3)12(19)17(6)9-11(18)16(4)5/h10H,7-9,15H2,1-6H3. The molecule has 1 rings (SSSR count). The number of carbonyl (C=O) groups is 2. The Morgan fingerprint density at radius 3 is 2.25 bits per heavy atom. The molecule has 0 radical (unpaired) electrons. The molecular weight excluding hydrogens is 258 g/mol. The molecule has 20 heavy (non-hydrogen) atoms. The second kappa shape index (κ2) is 5.69. The van der Waals surface area contributed by atoms with E-state index in [9.17, 15) is 9.59 Å². The van der Waals surface area contributed by atoms with Gasteiger partial charge in [-0.3, -0.25) is 9.59 Å². The van der Waals surface area contributed by atoms with Crippen LogP contribution in [0.25, 0.3) is 0 Å². The van der Waals surface area contributed by atoms with Crippen LogP contribution < -0.4 is 5.73 Å². The van der Waals surface area contributed by atoms with Crippen LogP contribution in [-0.2, 0) is 14.3 Å². The number of nitrogens with two attached hydrogens (primary N) is 1. The van der Waals surface area contributed by atoms with Crippen LogP contribution in [0, 0.1) is 5.41 Å². The summed E-state index contributed by atoms with van der Waals surface area (Å²) in [5.41, 5.74) is 4.90. The van der Waals surface area contributed by atoms with E-state index in [1.807, 2.05) is 20.8 Å². The van der Waals surface area contributed by atoms with E-state index < -0.39 is 11.0 Å². The minimum Gasteiger partial charge on any atom is -0.378 e. The molecule has 0 spiro atoms. The number of hydrogen-bond acceptors (Lipinski definition) is 4. The molecule has 116 valence electrons. The fourth-order valence-electron chi connectivity index (χ4n) is 2.55. The van der Waals surface area contributed by atoms with Gasteiger partial charge in [0, 0.05) is 39.6 Å². The molecule has 0 heterocycles. The summed E-state index contributed by atoms with van der Waals surface area (Å²) in [5, 5.41) is 0. The lowest BCUT2D eigenvalue weighted by molar-refractivity contribution is -0.179. The number of nitrogens with zero attached hydrogens (tertiary/aromatic N) is 2. The van der Waals surface area contributed by atoms with Gasteiger partial charge in [0.15, 0.2) is 0 Å². The molecule has 0 aromatic rings. The lowest BCUT2D eigenvalue weighted by Gasteiger charge is -2.58. The zero-order valence-corrected chi connectivity index (χ0v) is 13.4. The molecule has 1 fully saturated rings. The van der Waals surface area contributed by atoms with Gasteiger partial charge >= 0.3 is 0 Å². The predicted octanol–water partition coefficient (Wildman–Crippen LogP) is 0.0655. The summed E-state index contributed by atoms with van der Waals surface area (Å²) in [6.07, 6.45) is 0.479. The molecule has 1 aliphatic rings. The highest BCUT2D eigenvalue weighted by atomic mass is 16.5. The van der Waals surface area contributed by atoms with Crippen molar-refractivity contribution >= 4 is 11.8 Å². The highest BCUT2D eigenvalue weighted by Gasteiger charge is 2.63. The third-order valence-electron chi connectivity index (χ3n) is 4.43. The maximum absolute atomic E-state index is 12.5. The Labute approximate surface area is 121 Å². The molecular formula is C14H27N3O3. The Morgan fingerprint density at radius 1 is 1.30 bits per heavy atom. The molecule has 0 bridgehead atoms. The lowest BCUT2D eigenvalue weighted by Crippen LogP contribution is -2.76. The van der Waals surface area contributed by atoms with Crippen LogP contribution in [0.1, 0.15) is 27.2 Å². The number of ether oxygens (including phenoxy) is 1. The van der Waals surface area contributed by atoms with E-state index in [-0.39, 0.29) is 24.5 Å². The van der Waals surface area contributed by atoms with Crippen LogP contribution in [0.15, 0.2) is 0 Å². The first-order valence-electron chi connectivity index (χ1n) is 6.94. The SMILES string of the molecule is CCOC1CC(N)(C(=O)N(C)CC(=O)N(C)C)C1(C)C. The zero-order valence-electron chi connectivity index (χ0n) is 13.4. The monoisotopic (exact) mass is 285 g/mol. The van der Waals surface area contributed by atoms with Crippen molar-refractivity contribution in [1.29, 1.82) is 0 Å². The maximum Gasteiger partial charge on any atom is 0.243 e. The van der Waals surface area contributed by atoms with Crippen molar-refractivity contribution in [3.8, 4) is 0 Å². The summed E-state index contributed by atoms with van der Waals surface area (Å²) >= 11 is 0. The smallest absolute Gasteiger partial charge is 0.243 e. The van der Waals surface area contributed by atoms with Crippen molar-refractivity contribution in [1.82, 2.24) is 9.80 Å². The van der Waals surface area contributed by atoms with Crippen LogP contribution in [-0.4, -0.2) is 67.6 Å². The number of carbonyl (C=O) groups excluding carboxylic acids is 2. The van der Waals surface area contributed by atoms with E-state index in [0.29, 0.717) is 13.0 Å². The predicted molar refractivity (Wildman–Crippen MR) is 77.1 cm³/mol. The molecule has 0 aromatic carbocycles. The van der Waals surface area contributed by atoms with Gasteiger partial charge in [-0.05, 0) is 6.92 Å². The highest BCUT2D eigenvalue weighted by molar-refractivity contribution is 5.91. The summed E-state index contributed by atoms with van der Waals surface area (Å²) in [4.78, 5) is 27.1. The second-order valence-electron chi connectivity index (χ2n) is 6.29. The number of rotatable bonds is 5. The average Bonchev–Trinajstić information content (AvgIpc) is 2.36. The quantitative estimate of drug-likeness (QED) is 0.775. The van der Waals surface area contributed by atoms with E-state index in [1.165, 1.54) is 9.80 Å². The van der Waals surface area contributed by atoms with Crippen LogP contribution in [0.3, 0.4) is 0 Å². The molecule has 2 N–H and O–H groups in total. The summed E-state index contributed by atoms with van der Waals surface area (Å²) in [6.45, 7) is 6.45. The summed E-state index contributed by atoms with van der Waals surface area (Å²) in [6, 6.07) is 0. The summed E-state index contributed by atoms with van der Waals surface area (Å²) in [7, 11) is 4.94. The van der Waals surface area contributed by atoms with Crippen molar-refractivity contribution < 1.29 is 14.3 Å². The average molecular weight is 285 g/mol. The molecule has 0 aliphatic heterocycles. The molecule has 1 saturated carbocycles. The van der Waals surface area contributed by atoms with Gasteiger partial charge in [0.25, 0.3) is 0 Å². The molecule has 2 unspecified atom stereocenters. The number of hydrogen-bond donors (Lipinski definition) is 1. The lowest BCUT2D eigenvalue weighted by atomic mass is 9.54. The van der Waals surface area contributed by atoms with Crippen LogP contribution in [0.2, 0.25) is 0 Å². The van der Waals surface area contributed by atoms with Gasteiger partial charge in [0.1, 0.15) is 5.54 Å². The third-order valence-corrected chi connectivity index (χ3v) is 4.43.